The van der Waals surface area contributed by atoms with Gasteiger partial charge < -0.3 is 14.6 Å². The molecule has 0 aliphatic rings. The lowest BCUT2D eigenvalue weighted by Crippen LogP contribution is -2.25. The van der Waals surface area contributed by atoms with Gasteiger partial charge in [-0.3, -0.25) is 9.89 Å². The molecule has 0 unspecified atom stereocenters. The van der Waals surface area contributed by atoms with Crippen molar-refractivity contribution in [3.8, 4) is 5.75 Å². The maximum Gasteiger partial charge on any atom is 0.244 e. The molecule has 0 atom stereocenters. The zero-order chi connectivity index (χ0) is 15.9. The van der Waals surface area contributed by atoms with Crippen molar-refractivity contribution >= 4 is 24.2 Å². The first kappa shape index (κ1) is 16.0. The summed E-state index contributed by atoms with van der Waals surface area (Å²) in [6, 6.07) is 7.49. The fraction of sp³-hybridized carbons (Fsp3) is 0.267. The van der Waals surface area contributed by atoms with Crippen molar-refractivity contribution in [2.45, 2.75) is 13.5 Å². The third kappa shape index (κ3) is 4.29. The minimum atomic E-state index is -0.157. The molecule has 2 aromatic rings. The van der Waals surface area contributed by atoms with E-state index in [2.05, 4.69) is 15.5 Å². The summed E-state index contributed by atoms with van der Waals surface area (Å²) in [5, 5.41) is 9.53. The van der Waals surface area contributed by atoms with E-state index < -0.39 is 0 Å². The minimum Gasteiger partial charge on any atom is -0.497 e. The van der Waals surface area contributed by atoms with Gasteiger partial charge in [0.1, 0.15) is 11.6 Å². The summed E-state index contributed by atoms with van der Waals surface area (Å²) in [7, 11) is 1.61. The first-order chi connectivity index (χ1) is 10.6. The van der Waals surface area contributed by atoms with Gasteiger partial charge in [0.2, 0.25) is 5.91 Å². The van der Waals surface area contributed by atoms with Gasteiger partial charge in [-0.2, -0.15) is 5.10 Å². The summed E-state index contributed by atoms with van der Waals surface area (Å²) in [5.41, 5.74) is 0.905. The lowest BCUT2D eigenvalue weighted by atomic mass is 10.2. The van der Waals surface area contributed by atoms with E-state index in [0.717, 1.165) is 17.1 Å². The van der Waals surface area contributed by atoms with E-state index in [9.17, 15) is 4.79 Å². The van der Waals surface area contributed by atoms with Gasteiger partial charge in [0.15, 0.2) is 4.77 Å². The molecule has 0 bridgehead atoms. The quantitative estimate of drug-likeness (QED) is 0.632. The topological polar surface area (TPSA) is 71.9 Å². The molecule has 22 heavy (non-hydrogen) atoms. The van der Waals surface area contributed by atoms with Gasteiger partial charge in [-0.1, -0.05) is 12.1 Å². The van der Waals surface area contributed by atoms with E-state index in [1.165, 1.54) is 6.08 Å². The van der Waals surface area contributed by atoms with Crippen LogP contribution in [0.5, 0.6) is 5.75 Å². The number of nitrogens with one attached hydrogen (secondary N) is 2. The van der Waals surface area contributed by atoms with Crippen LogP contribution in [0.15, 0.2) is 30.3 Å². The standard InChI is InChI=1S/C15H18N4O2S/c1-11-17-18-15(22)19(11)9-8-16-14(20)7-6-12-4-3-5-13(10-12)21-2/h3-7,10H,8-9H2,1-2H3,(H,16,20)(H,18,22). The Morgan fingerprint density at radius 2 is 2.36 bits per heavy atom. The van der Waals surface area contributed by atoms with Crippen LogP contribution in [0, 0.1) is 11.7 Å². The zero-order valence-electron chi connectivity index (χ0n) is 12.5. The summed E-state index contributed by atoms with van der Waals surface area (Å²) in [4.78, 5) is 11.8. The van der Waals surface area contributed by atoms with Gasteiger partial charge in [-0.25, -0.2) is 0 Å². The van der Waals surface area contributed by atoms with Crippen molar-refractivity contribution < 1.29 is 9.53 Å². The molecular formula is C15H18N4O2S. The second-order valence-corrected chi connectivity index (χ2v) is 5.02. The Kier molecular flexibility index (Phi) is 5.48. The summed E-state index contributed by atoms with van der Waals surface area (Å²) >= 11 is 5.10. The monoisotopic (exact) mass is 318 g/mol. The fourth-order valence-electron chi connectivity index (χ4n) is 1.93. The molecule has 0 aliphatic heterocycles. The van der Waals surface area contributed by atoms with Crippen molar-refractivity contribution in [2.24, 2.45) is 0 Å². The van der Waals surface area contributed by atoms with E-state index in [1.807, 2.05) is 35.8 Å². The second-order valence-electron chi connectivity index (χ2n) is 4.63. The maximum atomic E-state index is 11.8. The van der Waals surface area contributed by atoms with Gasteiger partial charge in [-0.05, 0) is 42.9 Å². The Bertz CT molecular complexity index is 733. The van der Waals surface area contributed by atoms with E-state index >= 15 is 0 Å². The Morgan fingerprint density at radius 3 is 3.05 bits per heavy atom. The van der Waals surface area contributed by atoms with Crippen LogP contribution in [-0.2, 0) is 11.3 Å². The van der Waals surface area contributed by atoms with Crippen LogP contribution < -0.4 is 10.1 Å². The van der Waals surface area contributed by atoms with Crippen molar-refractivity contribution in [3.05, 3.63) is 46.5 Å². The molecule has 7 heteroatoms. The van der Waals surface area contributed by atoms with Crippen molar-refractivity contribution in [3.63, 3.8) is 0 Å². The zero-order valence-corrected chi connectivity index (χ0v) is 13.3. The molecule has 2 N–H and O–H groups in total. The van der Waals surface area contributed by atoms with Gasteiger partial charge in [0, 0.05) is 19.2 Å². The first-order valence-corrected chi connectivity index (χ1v) is 7.23. The van der Waals surface area contributed by atoms with Gasteiger partial charge in [0.25, 0.3) is 0 Å². The molecule has 1 aromatic carbocycles. The number of ether oxygens (including phenoxy) is 1. The van der Waals surface area contributed by atoms with Crippen LogP contribution in [0.2, 0.25) is 0 Å². The van der Waals surface area contributed by atoms with E-state index in [4.69, 9.17) is 17.0 Å². The lowest BCUT2D eigenvalue weighted by molar-refractivity contribution is -0.116. The summed E-state index contributed by atoms with van der Waals surface area (Å²) in [6.45, 7) is 2.92. The van der Waals surface area contributed by atoms with Crippen LogP contribution in [0.4, 0.5) is 0 Å². The predicted molar refractivity (Wildman–Crippen MR) is 87.2 cm³/mol. The lowest BCUT2D eigenvalue weighted by Gasteiger charge is -2.04. The van der Waals surface area contributed by atoms with Crippen LogP contribution in [0.25, 0.3) is 6.08 Å². The van der Waals surface area contributed by atoms with Gasteiger partial charge >= 0.3 is 0 Å². The highest BCUT2D eigenvalue weighted by Crippen LogP contribution is 2.13. The Morgan fingerprint density at radius 1 is 1.55 bits per heavy atom. The van der Waals surface area contributed by atoms with E-state index in [-0.39, 0.29) is 5.91 Å². The Balaban J connectivity index is 1.85. The molecular weight excluding hydrogens is 300 g/mol. The number of rotatable bonds is 6. The number of aromatic amines is 1. The van der Waals surface area contributed by atoms with Crippen LogP contribution in [-0.4, -0.2) is 34.3 Å². The number of amides is 1. The Hall–Kier alpha value is -2.41. The summed E-state index contributed by atoms with van der Waals surface area (Å²) < 4.78 is 7.52. The van der Waals surface area contributed by atoms with Crippen LogP contribution in [0.1, 0.15) is 11.4 Å². The average molecular weight is 318 g/mol. The summed E-state index contributed by atoms with van der Waals surface area (Å²) in [6.07, 6.45) is 3.24. The minimum absolute atomic E-state index is 0.157. The molecule has 0 radical (unpaired) electrons. The highest BCUT2D eigenvalue weighted by molar-refractivity contribution is 7.71. The third-order valence-corrected chi connectivity index (χ3v) is 3.42. The molecule has 1 heterocycles. The normalized spacial score (nSPS) is 10.8. The number of methoxy groups -OCH3 is 1. The molecule has 2 rings (SSSR count). The van der Waals surface area contributed by atoms with Crippen LogP contribution >= 0.6 is 12.2 Å². The molecule has 0 spiro atoms. The molecule has 0 saturated carbocycles. The number of hydrogen-bond acceptors (Lipinski definition) is 4. The molecule has 1 amide bonds. The highest BCUT2D eigenvalue weighted by Gasteiger charge is 2.01. The molecule has 0 saturated heterocycles. The maximum absolute atomic E-state index is 11.8. The number of aryl methyl sites for hydroxylation is 1. The molecule has 6 nitrogen and oxygen atoms in total. The SMILES string of the molecule is COc1cccc(C=CC(=O)NCCn2c(C)n[nH]c2=S)c1. The number of carbonyl (C=O) groups excluding carboxylic acids is 1. The number of hydrogen-bond donors (Lipinski definition) is 2. The van der Waals surface area contributed by atoms with Gasteiger partial charge in [0.05, 0.1) is 7.11 Å². The van der Waals surface area contributed by atoms with E-state index in [1.54, 1.807) is 13.2 Å². The van der Waals surface area contributed by atoms with Gasteiger partial charge in [-0.15, -0.1) is 0 Å². The average Bonchev–Trinajstić information content (AvgIpc) is 2.85. The first-order valence-electron chi connectivity index (χ1n) is 6.82. The number of benzene rings is 1. The Labute approximate surface area is 133 Å². The van der Waals surface area contributed by atoms with Crippen molar-refractivity contribution in [1.29, 1.82) is 0 Å². The van der Waals surface area contributed by atoms with Crippen LogP contribution in [0.3, 0.4) is 0 Å². The number of nitrogens with zero attached hydrogens (tertiary/aromatic N) is 2. The molecule has 1 aromatic heterocycles. The van der Waals surface area contributed by atoms with Crippen molar-refractivity contribution in [2.75, 3.05) is 13.7 Å². The fourth-order valence-corrected chi connectivity index (χ4v) is 2.20. The smallest absolute Gasteiger partial charge is 0.244 e. The molecule has 116 valence electrons. The predicted octanol–water partition coefficient (Wildman–Crippen LogP) is 2.09. The van der Waals surface area contributed by atoms with E-state index in [0.29, 0.717) is 17.9 Å². The summed E-state index contributed by atoms with van der Waals surface area (Å²) in [5.74, 6) is 1.40. The largest absolute Gasteiger partial charge is 0.497 e. The molecule has 0 aliphatic carbocycles. The van der Waals surface area contributed by atoms with Crippen molar-refractivity contribution in [1.82, 2.24) is 20.1 Å². The number of aromatic nitrogens is 3. The molecule has 0 fully saturated rings. The highest BCUT2D eigenvalue weighted by atomic mass is 32.1. The number of H-pyrrole nitrogens is 1. The third-order valence-electron chi connectivity index (χ3n) is 3.10. The number of carbonyl (C=O) groups is 1. The second kappa shape index (κ2) is 7.56.